The maximum absolute atomic E-state index is 9.98. The summed E-state index contributed by atoms with van der Waals surface area (Å²) in [6, 6.07) is 10.4. The maximum atomic E-state index is 9.98. The van der Waals surface area contributed by atoms with E-state index in [0.29, 0.717) is 25.2 Å². The van der Waals surface area contributed by atoms with E-state index in [2.05, 4.69) is 36.5 Å². The van der Waals surface area contributed by atoms with Crippen LogP contribution in [0.1, 0.15) is 38.2 Å². The van der Waals surface area contributed by atoms with Gasteiger partial charge in [0.25, 0.3) is 0 Å². The second kappa shape index (κ2) is 9.19. The predicted octanol–water partition coefficient (Wildman–Crippen LogP) is 2.77. The number of benzene rings is 1. The molecule has 1 aliphatic rings. The van der Waals surface area contributed by atoms with Gasteiger partial charge in [-0.1, -0.05) is 50.1 Å². The Morgan fingerprint density at radius 1 is 1.24 bits per heavy atom. The van der Waals surface area contributed by atoms with Crippen molar-refractivity contribution in [2.45, 2.75) is 51.2 Å². The molecule has 3 atom stereocenters. The SMILES string of the molecule is CC1CCCCC1OCC(O)CNCCc1ccccc1. The summed E-state index contributed by atoms with van der Waals surface area (Å²) in [5.41, 5.74) is 1.33. The van der Waals surface area contributed by atoms with Crippen molar-refractivity contribution in [3.63, 3.8) is 0 Å². The molecule has 1 saturated carbocycles. The minimum Gasteiger partial charge on any atom is -0.389 e. The van der Waals surface area contributed by atoms with Gasteiger partial charge in [0.1, 0.15) is 0 Å². The first-order valence-electron chi connectivity index (χ1n) is 8.30. The Labute approximate surface area is 128 Å². The third kappa shape index (κ3) is 6.16. The van der Waals surface area contributed by atoms with Crippen molar-refractivity contribution in [2.75, 3.05) is 19.7 Å². The number of ether oxygens (including phenoxy) is 1. The summed E-state index contributed by atoms with van der Waals surface area (Å²) in [6.45, 7) is 4.20. The topological polar surface area (TPSA) is 41.5 Å². The van der Waals surface area contributed by atoms with Crippen LogP contribution in [0.5, 0.6) is 0 Å². The fourth-order valence-corrected chi connectivity index (χ4v) is 2.97. The molecular weight excluding hydrogens is 262 g/mol. The Morgan fingerprint density at radius 2 is 2.00 bits per heavy atom. The third-order valence-corrected chi connectivity index (χ3v) is 4.35. The van der Waals surface area contributed by atoms with Crippen LogP contribution in [0.3, 0.4) is 0 Å². The lowest BCUT2D eigenvalue weighted by molar-refractivity contribution is -0.0450. The van der Waals surface area contributed by atoms with Gasteiger partial charge in [0, 0.05) is 6.54 Å². The van der Waals surface area contributed by atoms with E-state index in [4.69, 9.17) is 4.74 Å². The van der Waals surface area contributed by atoms with Crippen LogP contribution in [0.15, 0.2) is 30.3 Å². The molecule has 2 rings (SSSR count). The van der Waals surface area contributed by atoms with Gasteiger partial charge in [-0.25, -0.2) is 0 Å². The zero-order valence-electron chi connectivity index (χ0n) is 13.1. The Morgan fingerprint density at radius 3 is 2.76 bits per heavy atom. The van der Waals surface area contributed by atoms with E-state index < -0.39 is 6.10 Å². The van der Waals surface area contributed by atoms with Gasteiger partial charge in [-0.3, -0.25) is 0 Å². The van der Waals surface area contributed by atoms with Crippen molar-refractivity contribution in [3.8, 4) is 0 Å². The molecule has 3 heteroatoms. The number of aliphatic hydroxyl groups excluding tert-OH is 1. The molecule has 1 aromatic carbocycles. The van der Waals surface area contributed by atoms with E-state index in [1.807, 2.05) is 6.07 Å². The maximum Gasteiger partial charge on any atom is 0.0897 e. The Balaban J connectivity index is 1.54. The molecule has 0 bridgehead atoms. The molecule has 1 aliphatic carbocycles. The van der Waals surface area contributed by atoms with Crippen LogP contribution in [-0.4, -0.2) is 37.0 Å². The molecule has 0 aromatic heterocycles. The molecule has 0 saturated heterocycles. The van der Waals surface area contributed by atoms with E-state index in [1.54, 1.807) is 0 Å². The predicted molar refractivity (Wildman–Crippen MR) is 86.4 cm³/mol. The summed E-state index contributed by atoms with van der Waals surface area (Å²) in [5, 5.41) is 13.3. The quantitative estimate of drug-likeness (QED) is 0.724. The summed E-state index contributed by atoms with van der Waals surface area (Å²) in [6.07, 6.45) is 5.93. The normalized spacial score (nSPS) is 23.9. The second-order valence-electron chi connectivity index (χ2n) is 6.23. The molecule has 0 radical (unpaired) electrons. The lowest BCUT2D eigenvalue weighted by atomic mass is 9.88. The number of hydrogen-bond acceptors (Lipinski definition) is 3. The average Bonchev–Trinajstić information content (AvgIpc) is 2.52. The van der Waals surface area contributed by atoms with E-state index >= 15 is 0 Å². The van der Waals surface area contributed by atoms with Crippen LogP contribution in [-0.2, 0) is 11.2 Å². The molecule has 1 aromatic rings. The van der Waals surface area contributed by atoms with Crippen molar-refractivity contribution in [1.29, 1.82) is 0 Å². The Hall–Kier alpha value is -0.900. The lowest BCUT2D eigenvalue weighted by Gasteiger charge is -2.29. The van der Waals surface area contributed by atoms with Crippen LogP contribution in [0, 0.1) is 5.92 Å². The highest BCUT2D eigenvalue weighted by Gasteiger charge is 2.22. The fourth-order valence-electron chi connectivity index (χ4n) is 2.97. The van der Waals surface area contributed by atoms with Crippen LogP contribution >= 0.6 is 0 Å². The minimum atomic E-state index is -0.408. The summed E-state index contributed by atoms with van der Waals surface area (Å²) < 4.78 is 5.88. The zero-order valence-corrected chi connectivity index (χ0v) is 13.1. The highest BCUT2D eigenvalue weighted by atomic mass is 16.5. The van der Waals surface area contributed by atoms with Gasteiger partial charge in [-0.2, -0.15) is 0 Å². The highest BCUT2D eigenvalue weighted by molar-refractivity contribution is 5.14. The van der Waals surface area contributed by atoms with Crippen LogP contribution in [0.4, 0.5) is 0 Å². The summed E-state index contributed by atoms with van der Waals surface area (Å²) in [7, 11) is 0. The molecule has 0 aliphatic heterocycles. The van der Waals surface area contributed by atoms with E-state index in [9.17, 15) is 5.11 Å². The molecule has 1 fully saturated rings. The first-order chi connectivity index (χ1) is 10.3. The highest BCUT2D eigenvalue weighted by Crippen LogP contribution is 2.26. The molecule has 118 valence electrons. The van der Waals surface area contributed by atoms with E-state index in [-0.39, 0.29) is 0 Å². The van der Waals surface area contributed by atoms with Gasteiger partial charge in [-0.15, -0.1) is 0 Å². The standard InChI is InChI=1S/C18H29NO2/c1-15-7-5-6-10-18(15)21-14-17(20)13-19-12-11-16-8-3-2-4-9-16/h2-4,8-9,15,17-20H,5-7,10-14H2,1H3. The molecule has 0 heterocycles. The van der Waals surface area contributed by atoms with Gasteiger partial charge in [0.2, 0.25) is 0 Å². The second-order valence-corrected chi connectivity index (χ2v) is 6.23. The Kier molecular flexibility index (Phi) is 7.20. The van der Waals surface area contributed by atoms with Crippen LogP contribution < -0.4 is 5.32 Å². The molecule has 3 nitrogen and oxygen atoms in total. The van der Waals surface area contributed by atoms with Crippen LogP contribution in [0.25, 0.3) is 0 Å². The van der Waals surface area contributed by atoms with E-state index in [1.165, 1.54) is 24.8 Å². The number of aliphatic hydroxyl groups is 1. The van der Waals surface area contributed by atoms with E-state index in [0.717, 1.165) is 19.4 Å². The van der Waals surface area contributed by atoms with Crippen molar-refractivity contribution in [3.05, 3.63) is 35.9 Å². The van der Waals surface area contributed by atoms with Gasteiger partial charge >= 0.3 is 0 Å². The monoisotopic (exact) mass is 291 g/mol. The average molecular weight is 291 g/mol. The molecule has 0 amide bonds. The third-order valence-electron chi connectivity index (χ3n) is 4.35. The fraction of sp³-hybridized carbons (Fsp3) is 0.667. The molecule has 21 heavy (non-hydrogen) atoms. The first kappa shape index (κ1) is 16.5. The molecule has 2 N–H and O–H groups in total. The van der Waals surface area contributed by atoms with Gasteiger partial charge in [-0.05, 0) is 37.3 Å². The molecule has 0 spiro atoms. The minimum absolute atomic E-state index is 0.345. The Bertz CT molecular complexity index is 382. The number of rotatable bonds is 8. The van der Waals surface area contributed by atoms with Crippen molar-refractivity contribution >= 4 is 0 Å². The van der Waals surface area contributed by atoms with Crippen molar-refractivity contribution in [2.24, 2.45) is 5.92 Å². The number of hydrogen-bond donors (Lipinski definition) is 2. The molecular formula is C18H29NO2. The van der Waals surface area contributed by atoms with Gasteiger partial charge in [0.15, 0.2) is 0 Å². The lowest BCUT2D eigenvalue weighted by Crippen LogP contribution is -2.35. The van der Waals surface area contributed by atoms with Crippen LogP contribution in [0.2, 0.25) is 0 Å². The zero-order chi connectivity index (χ0) is 14.9. The van der Waals surface area contributed by atoms with Gasteiger partial charge < -0.3 is 15.2 Å². The first-order valence-corrected chi connectivity index (χ1v) is 8.30. The smallest absolute Gasteiger partial charge is 0.0897 e. The summed E-state index contributed by atoms with van der Waals surface area (Å²) in [5.74, 6) is 0.636. The largest absolute Gasteiger partial charge is 0.389 e. The van der Waals surface area contributed by atoms with Gasteiger partial charge in [0.05, 0.1) is 18.8 Å². The van der Waals surface area contributed by atoms with Crippen molar-refractivity contribution in [1.82, 2.24) is 5.32 Å². The van der Waals surface area contributed by atoms with Crippen molar-refractivity contribution < 1.29 is 9.84 Å². The number of nitrogens with one attached hydrogen (secondary N) is 1. The molecule has 3 unspecified atom stereocenters. The summed E-state index contributed by atoms with van der Waals surface area (Å²) >= 11 is 0. The summed E-state index contributed by atoms with van der Waals surface area (Å²) in [4.78, 5) is 0.